The molecule has 2 atom stereocenters. The Balaban J connectivity index is 2.04. The van der Waals surface area contributed by atoms with Gasteiger partial charge in [0.1, 0.15) is 0 Å². The van der Waals surface area contributed by atoms with Gasteiger partial charge in [0, 0.05) is 45.0 Å². The number of carbonyl (C=O) groups is 2. The Morgan fingerprint density at radius 1 is 0.706 bits per heavy atom. The summed E-state index contributed by atoms with van der Waals surface area (Å²) >= 11 is 0. The molecule has 0 amide bonds. The number of hydrogen-bond acceptors (Lipinski definition) is 6. The van der Waals surface area contributed by atoms with E-state index in [2.05, 4.69) is 0 Å². The average Bonchev–Trinajstić information content (AvgIpc) is 2.77. The zero-order valence-corrected chi connectivity index (χ0v) is 22.1. The van der Waals surface area contributed by atoms with Gasteiger partial charge in [-0.25, -0.2) is 8.42 Å². The van der Waals surface area contributed by atoms with Crippen molar-refractivity contribution in [3.05, 3.63) is 56.1 Å². The zero-order valence-electron chi connectivity index (χ0n) is 20.5. The predicted octanol–water partition coefficient (Wildman–Crippen LogP) is 4.12. The number of carbonyl (C=O) groups excluding carboxylic acids is 2. The fourth-order valence-electron chi connectivity index (χ4n) is 3.55. The first-order chi connectivity index (χ1) is 15.9. The van der Waals surface area contributed by atoms with Gasteiger partial charge >= 0.3 is 0 Å². The van der Waals surface area contributed by atoms with E-state index in [1.165, 1.54) is 36.5 Å². The Kier molecular flexibility index (Phi) is 10.3. The van der Waals surface area contributed by atoms with Gasteiger partial charge in [-0.1, -0.05) is 27.7 Å². The summed E-state index contributed by atoms with van der Waals surface area (Å²) in [5.74, 6) is -0.504. The molecular formula is C26H36O6S2. The second-order valence-corrected chi connectivity index (χ2v) is 13.4. The van der Waals surface area contributed by atoms with E-state index < -0.39 is 21.6 Å². The first kappa shape index (κ1) is 28.5. The second kappa shape index (κ2) is 12.3. The molecule has 188 valence electrons. The van der Waals surface area contributed by atoms with Crippen molar-refractivity contribution < 1.29 is 28.2 Å². The van der Waals surface area contributed by atoms with Crippen LogP contribution in [-0.4, -0.2) is 43.4 Å². The first-order valence-corrected chi connectivity index (χ1v) is 13.8. The Morgan fingerprint density at radius 3 is 1.38 bits per heavy atom. The fraction of sp³-hybridized carbons (Fsp3) is 0.538. The van der Waals surface area contributed by atoms with E-state index in [4.69, 9.17) is 0 Å². The van der Waals surface area contributed by atoms with Gasteiger partial charge in [-0.15, -0.1) is 0 Å². The maximum Gasteiger partial charge on any atom is 0.180 e. The molecule has 0 aliphatic carbocycles. The van der Waals surface area contributed by atoms with Gasteiger partial charge in [-0.2, -0.15) is 0 Å². The second-order valence-electron chi connectivity index (χ2n) is 10.3. The molecule has 2 unspecified atom stereocenters. The Labute approximate surface area is 207 Å². The monoisotopic (exact) mass is 508 g/mol. The molecule has 0 spiro atoms. The van der Waals surface area contributed by atoms with Crippen molar-refractivity contribution in [1.82, 2.24) is 0 Å². The van der Waals surface area contributed by atoms with Gasteiger partial charge in [-0.05, 0) is 73.7 Å². The topological polar surface area (TPSA) is 109 Å². The van der Waals surface area contributed by atoms with Gasteiger partial charge < -0.3 is 10.2 Å². The van der Waals surface area contributed by atoms with Gasteiger partial charge in [0.2, 0.25) is 0 Å². The number of allylic oxidation sites excluding steroid dienone is 8. The van der Waals surface area contributed by atoms with Crippen molar-refractivity contribution in [2.24, 2.45) is 10.8 Å². The van der Waals surface area contributed by atoms with Crippen molar-refractivity contribution in [2.45, 2.75) is 66.2 Å². The summed E-state index contributed by atoms with van der Waals surface area (Å²) in [7, 11) is -3.03. The lowest BCUT2D eigenvalue weighted by Gasteiger charge is -2.22. The molecule has 6 nitrogen and oxygen atoms in total. The molecule has 0 bridgehead atoms. The Hall–Kier alpha value is -1.74. The van der Waals surface area contributed by atoms with E-state index in [1.807, 2.05) is 27.7 Å². The van der Waals surface area contributed by atoms with Gasteiger partial charge in [-0.3, -0.25) is 9.59 Å². The summed E-state index contributed by atoms with van der Waals surface area (Å²) in [6.45, 7) is 7.93. The van der Waals surface area contributed by atoms with Crippen molar-refractivity contribution in [3.63, 3.8) is 0 Å². The lowest BCUT2D eigenvalue weighted by Crippen LogP contribution is -2.17. The van der Waals surface area contributed by atoms with Crippen LogP contribution in [0.4, 0.5) is 0 Å². The summed E-state index contributed by atoms with van der Waals surface area (Å²) in [5, 5.41) is 18.8. The largest absolute Gasteiger partial charge is 0.396 e. The van der Waals surface area contributed by atoms with Crippen LogP contribution in [0.5, 0.6) is 0 Å². The van der Waals surface area contributed by atoms with E-state index in [0.29, 0.717) is 45.3 Å². The van der Waals surface area contributed by atoms with E-state index in [0.717, 1.165) is 12.8 Å². The summed E-state index contributed by atoms with van der Waals surface area (Å²) in [5.41, 5.74) is -0.467. The lowest BCUT2D eigenvalue weighted by atomic mass is 9.88. The molecule has 0 aromatic carbocycles. The Bertz CT molecular complexity index is 928. The third-order valence-electron chi connectivity index (χ3n) is 5.90. The molecule has 2 aliphatic heterocycles. The quantitative estimate of drug-likeness (QED) is 0.411. The summed E-state index contributed by atoms with van der Waals surface area (Å²) in [6, 6.07) is 0. The van der Waals surface area contributed by atoms with Crippen LogP contribution in [-0.2, 0) is 31.2 Å². The molecule has 2 rings (SSSR count). The minimum absolute atomic E-state index is 0.0581. The van der Waals surface area contributed by atoms with Crippen LogP contribution in [0.15, 0.2) is 56.1 Å². The molecule has 0 fully saturated rings. The highest BCUT2D eigenvalue weighted by Gasteiger charge is 2.23. The third-order valence-corrected chi connectivity index (χ3v) is 8.86. The van der Waals surface area contributed by atoms with E-state index >= 15 is 0 Å². The molecule has 34 heavy (non-hydrogen) atoms. The number of rotatable bonds is 12. The maximum absolute atomic E-state index is 13.0. The van der Waals surface area contributed by atoms with Gasteiger partial charge in [0.05, 0.1) is 21.6 Å². The first-order valence-electron chi connectivity index (χ1n) is 11.5. The molecular weight excluding hydrogens is 472 g/mol. The van der Waals surface area contributed by atoms with Crippen LogP contribution < -0.4 is 0 Å². The van der Waals surface area contributed by atoms with Crippen molar-refractivity contribution >= 4 is 33.2 Å². The Morgan fingerprint density at radius 2 is 1.06 bits per heavy atom. The smallest absolute Gasteiger partial charge is 0.180 e. The van der Waals surface area contributed by atoms with E-state index in [-0.39, 0.29) is 35.6 Å². The minimum atomic E-state index is -1.51. The SMILES string of the molecule is CC(C)(CO)CCCC1=CC(=O)C=C(/C=C\C2=CC(=O)C=C(CCCC(C)(C)CO)S2=O)S1=O. The number of aliphatic hydroxyl groups is 2. The zero-order chi connectivity index (χ0) is 25.5. The normalized spacial score (nSPS) is 21.9. The number of aliphatic hydroxyl groups excluding tert-OH is 2. The molecule has 0 radical (unpaired) electrons. The lowest BCUT2D eigenvalue weighted by molar-refractivity contribution is -0.111. The van der Waals surface area contributed by atoms with Crippen molar-refractivity contribution in [2.75, 3.05) is 13.2 Å². The third kappa shape index (κ3) is 8.48. The number of hydrogen-bond donors (Lipinski definition) is 2. The molecule has 8 heteroatoms. The molecule has 2 N–H and O–H groups in total. The van der Waals surface area contributed by atoms with Crippen LogP contribution in [0.3, 0.4) is 0 Å². The highest BCUT2D eigenvalue weighted by atomic mass is 32.2. The number of ketones is 2. The molecule has 2 heterocycles. The molecule has 0 saturated carbocycles. The summed E-state index contributed by atoms with van der Waals surface area (Å²) in [6.07, 6.45) is 12.2. The van der Waals surface area contributed by atoms with E-state index in [9.17, 15) is 28.2 Å². The molecule has 0 saturated heterocycles. The van der Waals surface area contributed by atoms with Crippen LogP contribution in [0, 0.1) is 10.8 Å². The molecule has 0 aromatic heterocycles. The molecule has 0 aromatic rings. The van der Waals surface area contributed by atoms with Gasteiger partial charge in [0.15, 0.2) is 11.6 Å². The van der Waals surface area contributed by atoms with Crippen LogP contribution in [0.2, 0.25) is 0 Å². The summed E-state index contributed by atoms with van der Waals surface area (Å²) < 4.78 is 25.9. The average molecular weight is 509 g/mol. The van der Waals surface area contributed by atoms with Crippen LogP contribution >= 0.6 is 0 Å². The molecule has 2 aliphatic rings. The summed E-state index contributed by atoms with van der Waals surface area (Å²) in [4.78, 5) is 26.0. The standard InChI is InChI=1S/C26H36O6S2/c1-25(2,17-27)11-5-7-21-13-19(29)15-23(33(21)31)9-10-24-16-20(30)14-22(34(24)32)8-6-12-26(3,4)18-28/h9-10,13-16,27-28H,5-8,11-12,17-18H2,1-4H3/b10-9-. The highest BCUT2D eigenvalue weighted by Crippen LogP contribution is 2.30. The van der Waals surface area contributed by atoms with Crippen molar-refractivity contribution in [1.29, 1.82) is 0 Å². The fourth-order valence-corrected chi connectivity index (χ4v) is 6.09. The minimum Gasteiger partial charge on any atom is -0.396 e. The van der Waals surface area contributed by atoms with Gasteiger partial charge in [0.25, 0.3) is 0 Å². The van der Waals surface area contributed by atoms with Crippen molar-refractivity contribution in [3.8, 4) is 0 Å². The van der Waals surface area contributed by atoms with E-state index in [1.54, 1.807) is 0 Å². The van der Waals surface area contributed by atoms with Crippen LogP contribution in [0.25, 0.3) is 0 Å². The maximum atomic E-state index is 13.0. The highest BCUT2D eigenvalue weighted by molar-refractivity contribution is 7.93. The predicted molar refractivity (Wildman–Crippen MR) is 137 cm³/mol. The van der Waals surface area contributed by atoms with Crippen LogP contribution in [0.1, 0.15) is 66.2 Å².